The molecule has 0 fully saturated rings. The molecule has 1 heterocycles. The van der Waals surface area contributed by atoms with Crippen LogP contribution in [0, 0.1) is 0 Å². The van der Waals surface area contributed by atoms with Crippen LogP contribution < -0.4 is 15.1 Å². The molecule has 2 N–H and O–H groups in total. The number of hydrogen-bond donors (Lipinski definition) is 2. The number of carbonyl (C=O) groups excluding carboxylic acids is 1. The number of hydroxylamine groups is 1. The van der Waals surface area contributed by atoms with E-state index in [-0.39, 0.29) is 11.5 Å². The van der Waals surface area contributed by atoms with Gasteiger partial charge >= 0.3 is 0 Å². The Morgan fingerprint density at radius 2 is 1.96 bits per heavy atom. The number of carbonyl (C=O) groups is 1. The van der Waals surface area contributed by atoms with Gasteiger partial charge in [0, 0.05) is 19.4 Å². The minimum absolute atomic E-state index is 0.231. The third-order valence-electron chi connectivity index (χ3n) is 4.17. The number of benzene rings is 1. The van der Waals surface area contributed by atoms with Gasteiger partial charge in [0.15, 0.2) is 0 Å². The number of nitrogens with one attached hydrogen (secondary N) is 2. The molecule has 1 aromatic heterocycles. The molecule has 152 valence electrons. The summed E-state index contributed by atoms with van der Waals surface area (Å²) in [6, 6.07) is 7.20. The molecule has 0 aliphatic carbocycles. The minimum Gasteiger partial charge on any atom is -0.353 e. The molecule has 1 amide bonds. The average molecular weight is 407 g/mol. The van der Waals surface area contributed by atoms with Crippen LogP contribution in [0.4, 0.5) is 17.1 Å². The summed E-state index contributed by atoms with van der Waals surface area (Å²) in [5, 5.41) is 3.16. The van der Waals surface area contributed by atoms with Gasteiger partial charge < -0.3 is 5.32 Å². The van der Waals surface area contributed by atoms with E-state index in [0.29, 0.717) is 23.7 Å². The van der Waals surface area contributed by atoms with Crippen molar-refractivity contribution in [3.05, 3.63) is 47.8 Å². The van der Waals surface area contributed by atoms with E-state index in [2.05, 4.69) is 15.8 Å². The van der Waals surface area contributed by atoms with E-state index in [4.69, 9.17) is 4.84 Å². The monoisotopic (exact) mass is 406 g/mol. The van der Waals surface area contributed by atoms with Crippen LogP contribution in [0.15, 0.2) is 36.7 Å². The van der Waals surface area contributed by atoms with Crippen molar-refractivity contribution >= 4 is 33.0 Å². The molecule has 2 aromatic rings. The molecule has 0 atom stereocenters. The summed E-state index contributed by atoms with van der Waals surface area (Å²) in [5.74, 6) is -0.219. The molecular weight excluding hydrogens is 380 g/mol. The SMILES string of the molecule is CCONC(=O)c1cnccc1Nc1ccc(C(C)C)cc1N(C)S(C)(=O)=O. The summed E-state index contributed by atoms with van der Waals surface area (Å²) in [6.07, 6.45) is 4.10. The summed E-state index contributed by atoms with van der Waals surface area (Å²) >= 11 is 0. The van der Waals surface area contributed by atoms with Crippen molar-refractivity contribution in [1.82, 2.24) is 10.5 Å². The van der Waals surface area contributed by atoms with Crippen molar-refractivity contribution in [3.8, 4) is 0 Å². The van der Waals surface area contributed by atoms with Crippen molar-refractivity contribution in [2.75, 3.05) is 29.5 Å². The zero-order chi connectivity index (χ0) is 20.9. The molecule has 0 radical (unpaired) electrons. The molecule has 0 aliphatic heterocycles. The molecule has 28 heavy (non-hydrogen) atoms. The summed E-state index contributed by atoms with van der Waals surface area (Å²) < 4.78 is 25.4. The molecule has 0 aliphatic rings. The lowest BCUT2D eigenvalue weighted by Crippen LogP contribution is -2.26. The largest absolute Gasteiger partial charge is 0.353 e. The Balaban J connectivity index is 2.48. The van der Waals surface area contributed by atoms with Crippen LogP contribution in [-0.2, 0) is 14.9 Å². The van der Waals surface area contributed by atoms with Crippen molar-refractivity contribution < 1.29 is 18.0 Å². The van der Waals surface area contributed by atoms with Crippen LogP contribution in [0.3, 0.4) is 0 Å². The molecule has 0 saturated carbocycles. The van der Waals surface area contributed by atoms with E-state index in [1.54, 1.807) is 25.3 Å². The van der Waals surface area contributed by atoms with E-state index >= 15 is 0 Å². The first-order chi connectivity index (χ1) is 13.1. The fourth-order valence-corrected chi connectivity index (χ4v) is 2.98. The predicted molar refractivity (Wildman–Crippen MR) is 110 cm³/mol. The highest BCUT2D eigenvalue weighted by Gasteiger charge is 2.19. The van der Waals surface area contributed by atoms with Crippen molar-refractivity contribution in [2.45, 2.75) is 26.7 Å². The van der Waals surface area contributed by atoms with Gasteiger partial charge in [0.25, 0.3) is 5.91 Å². The van der Waals surface area contributed by atoms with Gasteiger partial charge in [-0.3, -0.25) is 18.9 Å². The van der Waals surface area contributed by atoms with Gasteiger partial charge in [0.1, 0.15) is 0 Å². The van der Waals surface area contributed by atoms with Crippen molar-refractivity contribution in [3.63, 3.8) is 0 Å². The number of aromatic nitrogens is 1. The minimum atomic E-state index is -3.47. The van der Waals surface area contributed by atoms with Gasteiger partial charge in [-0.2, -0.15) is 0 Å². The number of rotatable bonds is 8. The van der Waals surface area contributed by atoms with Crippen LogP contribution in [0.25, 0.3) is 0 Å². The number of amides is 1. The average Bonchev–Trinajstić information content (AvgIpc) is 2.65. The lowest BCUT2D eigenvalue weighted by molar-refractivity contribution is 0.0365. The summed E-state index contributed by atoms with van der Waals surface area (Å²) in [6.45, 7) is 6.15. The zero-order valence-corrected chi connectivity index (χ0v) is 17.5. The van der Waals surface area contributed by atoms with E-state index in [9.17, 15) is 13.2 Å². The second kappa shape index (κ2) is 9.03. The van der Waals surface area contributed by atoms with E-state index in [1.807, 2.05) is 26.0 Å². The van der Waals surface area contributed by atoms with Crippen LogP contribution in [-0.4, -0.2) is 39.2 Å². The lowest BCUT2D eigenvalue weighted by Gasteiger charge is -2.23. The van der Waals surface area contributed by atoms with Gasteiger partial charge in [-0.15, -0.1) is 0 Å². The second-order valence-electron chi connectivity index (χ2n) is 6.57. The first-order valence-corrected chi connectivity index (χ1v) is 10.7. The van der Waals surface area contributed by atoms with E-state index in [1.165, 1.54) is 17.5 Å². The quantitative estimate of drug-likeness (QED) is 0.654. The van der Waals surface area contributed by atoms with Gasteiger partial charge in [0.05, 0.1) is 35.5 Å². The highest BCUT2D eigenvalue weighted by Crippen LogP contribution is 2.33. The first kappa shape index (κ1) is 21.6. The standard InChI is InChI=1S/C19H26N4O4S/c1-6-27-22-19(24)15-12-20-10-9-16(15)21-17-8-7-14(13(2)3)11-18(17)23(4)28(5,25)26/h7-13H,6H2,1-5H3,(H,20,21)(H,22,24). The molecule has 0 saturated heterocycles. The first-order valence-electron chi connectivity index (χ1n) is 8.86. The molecule has 2 rings (SSSR count). The van der Waals surface area contributed by atoms with Gasteiger partial charge in [-0.1, -0.05) is 19.9 Å². The Morgan fingerprint density at radius 3 is 2.57 bits per heavy atom. The van der Waals surface area contributed by atoms with Gasteiger partial charge in [0.2, 0.25) is 10.0 Å². The van der Waals surface area contributed by atoms with E-state index in [0.717, 1.165) is 11.8 Å². The maximum Gasteiger partial charge on any atom is 0.278 e. The van der Waals surface area contributed by atoms with Crippen molar-refractivity contribution in [1.29, 1.82) is 0 Å². The third kappa shape index (κ3) is 5.20. The van der Waals surface area contributed by atoms with Gasteiger partial charge in [-0.05, 0) is 36.6 Å². The maximum absolute atomic E-state index is 12.3. The Kier molecular flexibility index (Phi) is 6.98. The number of pyridine rings is 1. The molecule has 1 aromatic carbocycles. The molecule has 0 unspecified atom stereocenters. The topological polar surface area (TPSA) is 101 Å². The van der Waals surface area contributed by atoms with Crippen LogP contribution >= 0.6 is 0 Å². The Morgan fingerprint density at radius 1 is 1.25 bits per heavy atom. The Hall–Kier alpha value is -2.65. The lowest BCUT2D eigenvalue weighted by atomic mass is 10.0. The molecule has 0 bridgehead atoms. The smallest absolute Gasteiger partial charge is 0.278 e. The zero-order valence-electron chi connectivity index (χ0n) is 16.7. The summed E-state index contributed by atoms with van der Waals surface area (Å²) in [5.41, 5.74) is 5.13. The fourth-order valence-electron chi connectivity index (χ4n) is 2.47. The van der Waals surface area contributed by atoms with Crippen LogP contribution in [0.1, 0.15) is 42.6 Å². The maximum atomic E-state index is 12.3. The molecule has 9 heteroatoms. The Bertz CT molecular complexity index is 945. The summed E-state index contributed by atoms with van der Waals surface area (Å²) in [7, 11) is -1.97. The fraction of sp³-hybridized carbons (Fsp3) is 0.368. The van der Waals surface area contributed by atoms with Crippen LogP contribution in [0.2, 0.25) is 0 Å². The number of hydrogen-bond acceptors (Lipinski definition) is 6. The number of sulfonamides is 1. The Labute approximate surface area is 165 Å². The number of nitrogens with zero attached hydrogens (tertiary/aromatic N) is 2. The van der Waals surface area contributed by atoms with Crippen LogP contribution in [0.5, 0.6) is 0 Å². The van der Waals surface area contributed by atoms with E-state index < -0.39 is 15.9 Å². The number of anilines is 3. The highest BCUT2D eigenvalue weighted by molar-refractivity contribution is 7.92. The molecule has 0 spiro atoms. The second-order valence-corrected chi connectivity index (χ2v) is 8.59. The highest BCUT2D eigenvalue weighted by atomic mass is 32.2. The predicted octanol–water partition coefficient (Wildman–Crippen LogP) is 3.03. The third-order valence-corrected chi connectivity index (χ3v) is 5.36. The normalized spacial score (nSPS) is 11.4. The summed E-state index contributed by atoms with van der Waals surface area (Å²) in [4.78, 5) is 21.3. The molecule has 8 nitrogen and oxygen atoms in total. The molecular formula is C19H26N4O4S. The van der Waals surface area contributed by atoms with Crippen molar-refractivity contribution in [2.24, 2.45) is 0 Å². The van der Waals surface area contributed by atoms with Gasteiger partial charge in [-0.25, -0.2) is 13.9 Å².